The van der Waals surface area contributed by atoms with Gasteiger partial charge in [0.05, 0.1) is 9.81 Å². The minimum atomic E-state index is -0.360. The summed E-state index contributed by atoms with van der Waals surface area (Å²) in [5.41, 5.74) is 0. The number of hydrogen-bond donors (Lipinski definition) is 2. The Morgan fingerprint density at radius 1 is 1.38 bits per heavy atom. The molecule has 7 heteroatoms. The second-order valence-electron chi connectivity index (χ2n) is 2.50. The minimum absolute atomic E-state index is 0.191. The predicted octanol–water partition coefficient (Wildman–Crippen LogP) is 1.33. The van der Waals surface area contributed by atoms with Crippen LogP contribution < -0.4 is 5.32 Å². The summed E-state index contributed by atoms with van der Waals surface area (Å²) in [5.74, 6) is -0.360. The molecule has 0 saturated heterocycles. The van der Waals surface area contributed by atoms with E-state index in [1.54, 1.807) is 0 Å². The largest absolute Gasteiger partial charge is 0.355 e. The topological polar surface area (TPSA) is 101 Å². The highest BCUT2D eigenvalue weighted by Crippen LogP contribution is 2.43. The van der Waals surface area contributed by atoms with E-state index in [0.717, 1.165) is 29.7 Å². The van der Waals surface area contributed by atoms with Crippen molar-refractivity contribution in [2.75, 3.05) is 7.05 Å². The van der Waals surface area contributed by atoms with Crippen molar-refractivity contribution in [1.29, 1.82) is 15.9 Å². The van der Waals surface area contributed by atoms with E-state index in [2.05, 4.69) is 5.32 Å². The Hall–Kier alpha value is -1.70. The van der Waals surface area contributed by atoms with Gasteiger partial charge in [-0.1, -0.05) is 23.5 Å². The number of nitrogens with zero attached hydrogens (tertiary/aromatic N) is 2. The molecule has 0 unspecified atom stereocenters. The second-order valence-corrected chi connectivity index (χ2v) is 4.58. The normalized spacial score (nSPS) is 15.2. The van der Waals surface area contributed by atoms with Gasteiger partial charge in [0.2, 0.25) is 0 Å². The number of thioether (sulfide) groups is 2. The SMILES string of the molecule is CNC(=O)C1=C(C=N)SC(C#N)=C(C#N)S1. The summed E-state index contributed by atoms with van der Waals surface area (Å²) in [6.45, 7) is 0. The van der Waals surface area contributed by atoms with Crippen molar-refractivity contribution in [2.24, 2.45) is 0 Å². The molecule has 0 aliphatic carbocycles. The third-order valence-corrected chi connectivity index (χ3v) is 4.02. The molecular weight excluding hydrogens is 244 g/mol. The Morgan fingerprint density at radius 2 is 1.94 bits per heavy atom. The Kier molecular flexibility index (Phi) is 4.18. The lowest BCUT2D eigenvalue weighted by molar-refractivity contribution is -0.116. The maximum atomic E-state index is 11.5. The molecule has 1 amide bonds. The first kappa shape index (κ1) is 12.4. The first-order valence-corrected chi connectivity index (χ1v) is 5.68. The molecule has 1 heterocycles. The number of nitriles is 2. The summed E-state index contributed by atoms with van der Waals surface area (Å²) < 4.78 is 0. The van der Waals surface area contributed by atoms with Crippen molar-refractivity contribution < 1.29 is 4.79 Å². The average molecular weight is 250 g/mol. The number of carbonyl (C=O) groups is 1. The van der Waals surface area contributed by atoms with Crippen LogP contribution in [0.25, 0.3) is 0 Å². The van der Waals surface area contributed by atoms with Crippen LogP contribution in [0.1, 0.15) is 0 Å². The number of allylic oxidation sites excluding steroid dienone is 3. The monoisotopic (exact) mass is 250 g/mol. The molecule has 0 bridgehead atoms. The number of rotatable bonds is 2. The quantitative estimate of drug-likeness (QED) is 0.720. The lowest BCUT2D eigenvalue weighted by Crippen LogP contribution is -2.20. The molecule has 80 valence electrons. The van der Waals surface area contributed by atoms with Crippen molar-refractivity contribution >= 4 is 35.6 Å². The van der Waals surface area contributed by atoms with Gasteiger partial charge in [0, 0.05) is 13.3 Å². The van der Waals surface area contributed by atoms with E-state index in [-0.39, 0.29) is 20.6 Å². The van der Waals surface area contributed by atoms with E-state index in [1.807, 2.05) is 12.1 Å². The van der Waals surface area contributed by atoms with Gasteiger partial charge < -0.3 is 10.7 Å². The van der Waals surface area contributed by atoms with Crippen LogP contribution in [0.3, 0.4) is 0 Å². The Balaban J connectivity index is 3.17. The smallest absolute Gasteiger partial charge is 0.259 e. The summed E-state index contributed by atoms with van der Waals surface area (Å²) in [5, 5.41) is 27.2. The average Bonchev–Trinajstić information content (AvgIpc) is 2.35. The molecule has 0 radical (unpaired) electrons. The zero-order valence-electron chi connectivity index (χ0n) is 8.20. The second kappa shape index (κ2) is 5.40. The summed E-state index contributed by atoms with van der Waals surface area (Å²) in [6.07, 6.45) is 1.01. The predicted molar refractivity (Wildman–Crippen MR) is 63.3 cm³/mol. The van der Waals surface area contributed by atoms with Gasteiger partial charge in [-0.25, -0.2) is 0 Å². The van der Waals surface area contributed by atoms with Gasteiger partial charge in [-0.3, -0.25) is 4.79 Å². The van der Waals surface area contributed by atoms with E-state index >= 15 is 0 Å². The number of likely N-dealkylation sites (N-methyl/N-ethyl adjacent to an activating group) is 1. The van der Waals surface area contributed by atoms with Crippen LogP contribution in [0.5, 0.6) is 0 Å². The first-order valence-electron chi connectivity index (χ1n) is 4.05. The molecule has 0 atom stereocenters. The molecule has 1 rings (SSSR count). The Labute approximate surface area is 101 Å². The molecule has 0 fully saturated rings. The molecule has 0 aromatic heterocycles. The Morgan fingerprint density at radius 3 is 2.38 bits per heavy atom. The maximum absolute atomic E-state index is 11.5. The first-order chi connectivity index (χ1) is 7.67. The van der Waals surface area contributed by atoms with Crippen molar-refractivity contribution in [1.82, 2.24) is 5.32 Å². The fourth-order valence-electron chi connectivity index (χ4n) is 0.915. The lowest BCUT2D eigenvalue weighted by Gasteiger charge is -2.14. The van der Waals surface area contributed by atoms with Crippen LogP contribution in [0.4, 0.5) is 0 Å². The molecule has 0 aromatic carbocycles. The molecule has 0 aromatic rings. The van der Waals surface area contributed by atoms with Gasteiger partial charge in [0.15, 0.2) is 0 Å². The third-order valence-electron chi connectivity index (χ3n) is 1.61. The van der Waals surface area contributed by atoms with E-state index < -0.39 is 0 Å². The zero-order chi connectivity index (χ0) is 12.1. The van der Waals surface area contributed by atoms with Crippen LogP contribution >= 0.6 is 23.5 Å². The van der Waals surface area contributed by atoms with E-state index in [0.29, 0.717) is 4.91 Å². The van der Waals surface area contributed by atoms with E-state index in [4.69, 9.17) is 15.9 Å². The maximum Gasteiger partial charge on any atom is 0.259 e. The highest BCUT2D eigenvalue weighted by molar-refractivity contribution is 8.14. The van der Waals surface area contributed by atoms with Gasteiger partial charge in [0.25, 0.3) is 5.91 Å². The summed E-state index contributed by atoms with van der Waals surface area (Å²) in [7, 11) is 1.47. The van der Waals surface area contributed by atoms with Gasteiger partial charge in [0.1, 0.15) is 21.9 Å². The van der Waals surface area contributed by atoms with Crippen LogP contribution in [-0.2, 0) is 4.79 Å². The number of carbonyl (C=O) groups excluding carboxylic acids is 1. The van der Waals surface area contributed by atoms with Crippen LogP contribution in [0.2, 0.25) is 0 Å². The van der Waals surface area contributed by atoms with Gasteiger partial charge in [-0.15, -0.1) is 0 Å². The van der Waals surface area contributed by atoms with Gasteiger partial charge >= 0.3 is 0 Å². The van der Waals surface area contributed by atoms with Crippen LogP contribution in [0.15, 0.2) is 19.6 Å². The molecule has 2 N–H and O–H groups in total. The van der Waals surface area contributed by atoms with Crippen molar-refractivity contribution in [2.45, 2.75) is 0 Å². The highest BCUT2D eigenvalue weighted by Gasteiger charge is 2.25. The lowest BCUT2D eigenvalue weighted by atomic mass is 10.4. The molecule has 0 saturated carbocycles. The molecule has 1 aliphatic rings. The van der Waals surface area contributed by atoms with Crippen molar-refractivity contribution in [3.8, 4) is 12.1 Å². The highest BCUT2D eigenvalue weighted by atomic mass is 32.2. The van der Waals surface area contributed by atoms with Gasteiger partial charge in [-0.2, -0.15) is 10.5 Å². The molecule has 5 nitrogen and oxygen atoms in total. The Bertz CT molecular complexity index is 493. The fraction of sp³-hybridized carbons (Fsp3) is 0.111. The van der Waals surface area contributed by atoms with Crippen LogP contribution in [-0.4, -0.2) is 19.2 Å². The van der Waals surface area contributed by atoms with Gasteiger partial charge in [-0.05, 0) is 0 Å². The molecule has 16 heavy (non-hydrogen) atoms. The molecule has 0 spiro atoms. The number of amides is 1. The molecular formula is C9H6N4OS2. The zero-order valence-corrected chi connectivity index (χ0v) is 9.83. The summed E-state index contributed by atoms with van der Waals surface area (Å²) in [4.78, 5) is 12.5. The molecule has 1 aliphatic heterocycles. The van der Waals surface area contributed by atoms with Crippen LogP contribution in [0, 0.1) is 28.1 Å². The van der Waals surface area contributed by atoms with E-state index in [9.17, 15) is 4.79 Å². The van der Waals surface area contributed by atoms with Crippen molar-refractivity contribution in [3.63, 3.8) is 0 Å². The number of hydrogen-bond acceptors (Lipinski definition) is 6. The fourth-order valence-corrected chi connectivity index (χ4v) is 2.81. The standard InChI is InChI=1S/C9H6N4OS2/c1-13-9(14)8-7(4-12)15-5(2-10)6(3-11)16-8/h4,12H,1H3,(H,13,14). The summed E-state index contributed by atoms with van der Waals surface area (Å²) in [6, 6.07) is 3.75. The minimum Gasteiger partial charge on any atom is -0.355 e. The van der Waals surface area contributed by atoms with Crippen molar-refractivity contribution in [3.05, 3.63) is 19.6 Å². The summed E-state index contributed by atoms with van der Waals surface area (Å²) >= 11 is 1.89. The third kappa shape index (κ3) is 2.27. The number of nitrogens with one attached hydrogen (secondary N) is 2. The van der Waals surface area contributed by atoms with E-state index in [1.165, 1.54) is 7.05 Å².